The van der Waals surface area contributed by atoms with E-state index in [0.717, 1.165) is 18.4 Å². The van der Waals surface area contributed by atoms with Crippen molar-refractivity contribution in [2.45, 2.75) is 43.7 Å². The zero-order chi connectivity index (χ0) is 20.3. The number of hydrogen-bond acceptors (Lipinski definition) is 5. The minimum atomic E-state index is -3.87. The number of nitrogens with one attached hydrogen (secondary N) is 2. The Bertz CT molecular complexity index is 982. The number of carbonyl (C=O) groups excluding carboxylic acids is 2. The zero-order valence-electron chi connectivity index (χ0n) is 15.6. The van der Waals surface area contributed by atoms with Crippen molar-refractivity contribution in [3.8, 4) is 0 Å². The number of hydrogen-bond donors (Lipinski definition) is 2. The second-order valence-corrected chi connectivity index (χ2v) is 8.51. The van der Waals surface area contributed by atoms with E-state index in [1.54, 1.807) is 24.3 Å². The number of esters is 1. The van der Waals surface area contributed by atoms with Crippen molar-refractivity contribution in [1.29, 1.82) is 0 Å². The van der Waals surface area contributed by atoms with Gasteiger partial charge < -0.3 is 10.1 Å². The molecule has 0 bridgehead atoms. The second kappa shape index (κ2) is 8.02. The number of ether oxygens (including phenoxy) is 1. The topological polar surface area (TPSA) is 102 Å². The summed E-state index contributed by atoms with van der Waals surface area (Å²) in [5, 5.41) is 2.76. The Morgan fingerprint density at radius 3 is 2.43 bits per heavy atom. The van der Waals surface area contributed by atoms with Crippen LogP contribution in [0.2, 0.25) is 0 Å². The first-order valence-corrected chi connectivity index (χ1v) is 10.4. The lowest BCUT2D eigenvalue weighted by Gasteiger charge is -2.14. The lowest BCUT2D eigenvalue weighted by atomic mass is 10.2. The van der Waals surface area contributed by atoms with Crippen molar-refractivity contribution in [3.63, 3.8) is 0 Å². The SMILES string of the molecule is Cc1ccc(NS(=O)(=O)c2cccc(C(=O)O[C@@H](C)C(=O)NC3CC3)c2)cc1. The molecule has 1 fully saturated rings. The van der Waals surface area contributed by atoms with Crippen LogP contribution in [-0.4, -0.2) is 32.4 Å². The average Bonchev–Trinajstić information content (AvgIpc) is 3.47. The highest BCUT2D eigenvalue weighted by atomic mass is 32.2. The van der Waals surface area contributed by atoms with Gasteiger partial charge in [0.15, 0.2) is 6.10 Å². The maximum absolute atomic E-state index is 12.6. The number of benzene rings is 2. The molecule has 0 unspecified atom stereocenters. The van der Waals surface area contributed by atoms with Gasteiger partial charge in [0.1, 0.15) is 0 Å². The molecule has 1 atom stereocenters. The van der Waals surface area contributed by atoms with Crippen molar-refractivity contribution in [2.24, 2.45) is 0 Å². The molecule has 0 heterocycles. The Labute approximate surface area is 164 Å². The molecule has 1 aliphatic rings. The van der Waals surface area contributed by atoms with Gasteiger partial charge in [0, 0.05) is 11.7 Å². The van der Waals surface area contributed by atoms with E-state index in [9.17, 15) is 18.0 Å². The van der Waals surface area contributed by atoms with E-state index in [0.29, 0.717) is 5.69 Å². The van der Waals surface area contributed by atoms with Gasteiger partial charge in [-0.1, -0.05) is 23.8 Å². The Morgan fingerprint density at radius 2 is 1.79 bits per heavy atom. The molecule has 0 radical (unpaired) electrons. The summed E-state index contributed by atoms with van der Waals surface area (Å²) in [4.78, 5) is 24.2. The molecule has 3 rings (SSSR count). The molecule has 0 spiro atoms. The number of amides is 1. The van der Waals surface area contributed by atoms with Crippen LogP contribution in [-0.2, 0) is 19.6 Å². The van der Waals surface area contributed by atoms with Crippen LogP contribution in [0.15, 0.2) is 53.4 Å². The first-order valence-electron chi connectivity index (χ1n) is 8.95. The first-order chi connectivity index (χ1) is 13.2. The largest absolute Gasteiger partial charge is 0.449 e. The average molecular weight is 402 g/mol. The van der Waals surface area contributed by atoms with E-state index in [2.05, 4.69) is 10.0 Å². The van der Waals surface area contributed by atoms with Gasteiger partial charge in [0.2, 0.25) is 0 Å². The first kappa shape index (κ1) is 19.9. The molecule has 1 aliphatic carbocycles. The Morgan fingerprint density at radius 1 is 1.11 bits per heavy atom. The van der Waals surface area contributed by atoms with Crippen LogP contribution in [0.4, 0.5) is 5.69 Å². The number of anilines is 1. The van der Waals surface area contributed by atoms with Crippen molar-refractivity contribution in [2.75, 3.05) is 4.72 Å². The van der Waals surface area contributed by atoms with Crippen molar-refractivity contribution in [1.82, 2.24) is 5.32 Å². The molecular weight excluding hydrogens is 380 g/mol. The molecule has 0 aliphatic heterocycles. The van der Waals surface area contributed by atoms with E-state index in [1.165, 1.54) is 31.2 Å². The summed E-state index contributed by atoms with van der Waals surface area (Å²) in [6, 6.07) is 12.6. The van der Waals surface area contributed by atoms with Gasteiger partial charge >= 0.3 is 5.97 Å². The maximum atomic E-state index is 12.6. The number of rotatable bonds is 7. The summed E-state index contributed by atoms with van der Waals surface area (Å²) in [5.41, 5.74) is 1.48. The molecule has 0 aromatic heterocycles. The molecule has 2 aromatic rings. The molecule has 148 valence electrons. The normalized spacial score (nSPS) is 14.8. The zero-order valence-corrected chi connectivity index (χ0v) is 16.5. The molecule has 1 saturated carbocycles. The summed E-state index contributed by atoms with van der Waals surface area (Å²) < 4.78 is 32.8. The van der Waals surface area contributed by atoms with Gasteiger partial charge in [0.25, 0.3) is 15.9 Å². The fourth-order valence-electron chi connectivity index (χ4n) is 2.45. The standard InChI is InChI=1S/C20H22N2O5S/c1-13-6-8-17(9-7-13)22-28(25,26)18-5-3-4-15(12-18)20(24)27-14(2)19(23)21-16-10-11-16/h3-9,12,14,16,22H,10-11H2,1-2H3,(H,21,23)/t14-/m0/s1. The molecule has 1 amide bonds. The van der Waals surface area contributed by atoms with Gasteiger partial charge in [-0.25, -0.2) is 13.2 Å². The summed E-state index contributed by atoms with van der Waals surface area (Å²) in [7, 11) is -3.87. The molecule has 2 N–H and O–H groups in total. The van der Waals surface area contributed by atoms with Gasteiger partial charge in [-0.05, 0) is 57.0 Å². The Balaban J connectivity index is 1.70. The number of carbonyl (C=O) groups is 2. The summed E-state index contributed by atoms with van der Waals surface area (Å²) in [6.45, 7) is 3.38. The van der Waals surface area contributed by atoms with Crippen LogP contribution in [0.3, 0.4) is 0 Å². The third-order valence-electron chi connectivity index (χ3n) is 4.26. The summed E-state index contributed by atoms with van der Waals surface area (Å²) >= 11 is 0. The Hall–Kier alpha value is -2.87. The van der Waals surface area contributed by atoms with Crippen molar-refractivity contribution in [3.05, 3.63) is 59.7 Å². The van der Waals surface area contributed by atoms with E-state index in [4.69, 9.17) is 4.74 Å². The van der Waals surface area contributed by atoms with E-state index in [-0.39, 0.29) is 22.4 Å². The number of sulfonamides is 1. The van der Waals surface area contributed by atoms with Gasteiger partial charge in [-0.15, -0.1) is 0 Å². The molecular formula is C20H22N2O5S. The maximum Gasteiger partial charge on any atom is 0.338 e. The van der Waals surface area contributed by atoms with Gasteiger partial charge in [-0.3, -0.25) is 9.52 Å². The Kier molecular flexibility index (Phi) is 5.69. The summed E-state index contributed by atoms with van der Waals surface area (Å²) in [5.74, 6) is -1.12. The van der Waals surface area contributed by atoms with Crippen LogP contribution in [0.1, 0.15) is 35.7 Å². The van der Waals surface area contributed by atoms with E-state index >= 15 is 0 Å². The fraction of sp³-hybridized carbons (Fsp3) is 0.300. The molecule has 0 saturated heterocycles. The van der Waals surface area contributed by atoms with Crippen molar-refractivity contribution >= 4 is 27.6 Å². The predicted octanol–water partition coefficient (Wildman–Crippen LogP) is 2.62. The lowest BCUT2D eigenvalue weighted by molar-refractivity contribution is -0.129. The molecule has 8 heteroatoms. The minimum Gasteiger partial charge on any atom is -0.449 e. The van der Waals surface area contributed by atoms with Crippen LogP contribution in [0, 0.1) is 6.92 Å². The van der Waals surface area contributed by atoms with Gasteiger partial charge in [0.05, 0.1) is 10.5 Å². The summed E-state index contributed by atoms with van der Waals surface area (Å²) in [6.07, 6.45) is 0.902. The van der Waals surface area contributed by atoms with Crippen LogP contribution in [0.25, 0.3) is 0 Å². The second-order valence-electron chi connectivity index (χ2n) is 6.83. The third-order valence-corrected chi connectivity index (χ3v) is 5.64. The fourth-order valence-corrected chi connectivity index (χ4v) is 3.56. The minimum absolute atomic E-state index is 0.0536. The smallest absolute Gasteiger partial charge is 0.338 e. The lowest BCUT2D eigenvalue weighted by Crippen LogP contribution is -2.37. The predicted molar refractivity (Wildman–Crippen MR) is 104 cm³/mol. The highest BCUT2D eigenvalue weighted by Gasteiger charge is 2.27. The number of aryl methyl sites for hydroxylation is 1. The quantitative estimate of drug-likeness (QED) is 0.693. The van der Waals surface area contributed by atoms with E-state index < -0.39 is 22.1 Å². The molecule has 7 nitrogen and oxygen atoms in total. The molecule has 28 heavy (non-hydrogen) atoms. The molecule has 2 aromatic carbocycles. The third kappa shape index (κ3) is 5.10. The van der Waals surface area contributed by atoms with Gasteiger partial charge in [-0.2, -0.15) is 0 Å². The van der Waals surface area contributed by atoms with E-state index in [1.807, 2.05) is 6.92 Å². The monoisotopic (exact) mass is 402 g/mol. The highest BCUT2D eigenvalue weighted by molar-refractivity contribution is 7.92. The van der Waals surface area contributed by atoms with Crippen LogP contribution < -0.4 is 10.0 Å². The van der Waals surface area contributed by atoms with Crippen LogP contribution >= 0.6 is 0 Å². The highest BCUT2D eigenvalue weighted by Crippen LogP contribution is 2.20. The van der Waals surface area contributed by atoms with Crippen molar-refractivity contribution < 1.29 is 22.7 Å². The van der Waals surface area contributed by atoms with Crippen LogP contribution in [0.5, 0.6) is 0 Å².